The number of thiazole rings is 1. The summed E-state index contributed by atoms with van der Waals surface area (Å²) in [5.41, 5.74) is 0.301. The first-order valence-corrected chi connectivity index (χ1v) is 7.47. The van der Waals surface area contributed by atoms with Gasteiger partial charge in [-0.3, -0.25) is 4.79 Å². The molecule has 5 nitrogen and oxygen atoms in total. The van der Waals surface area contributed by atoms with E-state index in [0.29, 0.717) is 18.2 Å². The van der Waals surface area contributed by atoms with Crippen molar-refractivity contribution in [3.05, 3.63) is 16.1 Å². The smallest absolute Gasteiger partial charge is 0.367 e. The van der Waals surface area contributed by atoms with E-state index in [1.54, 1.807) is 12.3 Å². The Morgan fingerprint density at radius 2 is 2.32 bits per heavy atom. The number of rotatable bonds is 6. The Bertz CT molecular complexity index is 472. The molecule has 2 atom stereocenters. The Morgan fingerprint density at radius 1 is 1.53 bits per heavy atom. The molecule has 2 unspecified atom stereocenters. The lowest BCUT2D eigenvalue weighted by Crippen LogP contribution is -2.27. The molecule has 1 amide bonds. The van der Waals surface area contributed by atoms with Gasteiger partial charge in [0.05, 0.1) is 6.61 Å². The van der Waals surface area contributed by atoms with E-state index in [-0.39, 0.29) is 17.0 Å². The summed E-state index contributed by atoms with van der Waals surface area (Å²) in [5, 5.41) is 4.77. The fraction of sp³-hybridized carbons (Fsp3) is 0.615. The van der Waals surface area contributed by atoms with Crippen LogP contribution in [0.15, 0.2) is 5.38 Å². The number of hydrogen-bond acceptors (Lipinski definition) is 5. The molecule has 0 bridgehead atoms. The van der Waals surface area contributed by atoms with Gasteiger partial charge in [0.2, 0.25) is 5.01 Å². The van der Waals surface area contributed by atoms with Crippen molar-refractivity contribution in [3.8, 4) is 0 Å². The van der Waals surface area contributed by atoms with Gasteiger partial charge in [0.15, 0.2) is 0 Å². The van der Waals surface area contributed by atoms with Crippen molar-refractivity contribution in [2.75, 3.05) is 6.61 Å². The molecule has 1 aromatic rings. The van der Waals surface area contributed by atoms with Crippen molar-refractivity contribution in [3.63, 3.8) is 0 Å². The monoisotopic (exact) mass is 282 g/mol. The van der Waals surface area contributed by atoms with E-state index in [1.165, 1.54) is 0 Å². The predicted molar refractivity (Wildman–Crippen MR) is 72.3 cm³/mol. The minimum absolute atomic E-state index is 0.199. The molecule has 19 heavy (non-hydrogen) atoms. The molecule has 1 heterocycles. The van der Waals surface area contributed by atoms with Gasteiger partial charge in [-0.05, 0) is 25.7 Å². The molecule has 1 aliphatic rings. The topological polar surface area (TPSA) is 68.3 Å². The number of nitrogens with one attached hydrogen (secondary N) is 1. The summed E-state index contributed by atoms with van der Waals surface area (Å²) >= 11 is 1.14. The zero-order valence-electron chi connectivity index (χ0n) is 11.1. The van der Waals surface area contributed by atoms with Gasteiger partial charge in [0.1, 0.15) is 5.69 Å². The Labute approximate surface area is 116 Å². The summed E-state index contributed by atoms with van der Waals surface area (Å²) in [6, 6.07) is 0.278. The number of carbonyl (C=O) groups excluding carboxylic acids is 2. The second-order valence-electron chi connectivity index (χ2n) is 4.62. The average Bonchev–Trinajstić information content (AvgIpc) is 2.94. The van der Waals surface area contributed by atoms with E-state index in [4.69, 9.17) is 4.74 Å². The minimum atomic E-state index is -0.471. The molecule has 1 aliphatic carbocycles. The fourth-order valence-corrected chi connectivity index (χ4v) is 2.71. The third-order valence-electron chi connectivity index (χ3n) is 3.09. The Kier molecular flexibility index (Phi) is 4.52. The van der Waals surface area contributed by atoms with Crippen molar-refractivity contribution >= 4 is 23.2 Å². The number of nitrogens with zero attached hydrogens (tertiary/aromatic N) is 1. The van der Waals surface area contributed by atoms with Crippen LogP contribution >= 0.6 is 11.3 Å². The molecule has 1 N–H and O–H groups in total. The van der Waals surface area contributed by atoms with Crippen molar-refractivity contribution in [2.24, 2.45) is 5.92 Å². The highest BCUT2D eigenvalue weighted by Crippen LogP contribution is 2.34. The number of ether oxygens (including phenoxy) is 1. The first-order chi connectivity index (χ1) is 9.15. The zero-order valence-corrected chi connectivity index (χ0v) is 12.0. The van der Waals surface area contributed by atoms with Gasteiger partial charge in [-0.25, -0.2) is 9.78 Å². The van der Waals surface area contributed by atoms with Crippen molar-refractivity contribution in [1.29, 1.82) is 0 Å². The van der Waals surface area contributed by atoms with Crippen LogP contribution in [-0.2, 0) is 4.74 Å². The molecule has 6 heteroatoms. The van der Waals surface area contributed by atoms with Crippen molar-refractivity contribution in [2.45, 2.75) is 39.2 Å². The van der Waals surface area contributed by atoms with E-state index in [1.807, 2.05) is 0 Å². The van der Waals surface area contributed by atoms with Gasteiger partial charge in [-0.2, -0.15) is 0 Å². The molecule has 0 saturated heterocycles. The molecule has 104 valence electrons. The van der Waals surface area contributed by atoms with Crippen LogP contribution in [0.4, 0.5) is 0 Å². The summed E-state index contributed by atoms with van der Waals surface area (Å²) in [4.78, 5) is 27.4. The third kappa shape index (κ3) is 3.53. The maximum Gasteiger partial charge on any atom is 0.367 e. The quantitative estimate of drug-likeness (QED) is 0.812. The van der Waals surface area contributed by atoms with E-state index < -0.39 is 5.97 Å². The Hall–Kier alpha value is -1.43. The molecule has 0 spiro atoms. The zero-order chi connectivity index (χ0) is 13.8. The number of aromatic nitrogens is 1. The number of esters is 1. The summed E-state index contributed by atoms with van der Waals surface area (Å²) in [6.07, 6.45) is 3.34. The molecule has 0 aromatic carbocycles. The molecule has 2 rings (SSSR count). The van der Waals surface area contributed by atoms with Crippen LogP contribution in [0.3, 0.4) is 0 Å². The van der Waals surface area contributed by atoms with Crippen LogP contribution in [0.25, 0.3) is 0 Å². The van der Waals surface area contributed by atoms with Crippen molar-refractivity contribution < 1.29 is 14.3 Å². The highest BCUT2D eigenvalue weighted by atomic mass is 32.1. The maximum atomic E-state index is 11.9. The lowest BCUT2D eigenvalue weighted by molar-refractivity contribution is 0.0526. The summed E-state index contributed by atoms with van der Waals surface area (Å²) in [6.45, 7) is 4.18. The largest absolute Gasteiger partial charge is 0.461 e. The van der Waals surface area contributed by atoms with Crippen LogP contribution < -0.4 is 5.32 Å². The molecule has 1 fully saturated rings. The van der Waals surface area contributed by atoms with Gasteiger partial charge in [0.25, 0.3) is 5.91 Å². The molecule has 0 radical (unpaired) electrons. The maximum absolute atomic E-state index is 11.9. The summed E-state index contributed by atoms with van der Waals surface area (Å²) in [7, 11) is 0. The first-order valence-electron chi connectivity index (χ1n) is 6.59. The van der Waals surface area contributed by atoms with Gasteiger partial charge >= 0.3 is 5.97 Å². The van der Waals surface area contributed by atoms with Gasteiger partial charge in [0, 0.05) is 11.4 Å². The van der Waals surface area contributed by atoms with Gasteiger partial charge in [-0.1, -0.05) is 13.3 Å². The highest BCUT2D eigenvalue weighted by molar-refractivity contribution is 7.11. The minimum Gasteiger partial charge on any atom is -0.461 e. The lowest BCUT2D eigenvalue weighted by Gasteiger charge is -2.01. The van der Waals surface area contributed by atoms with Crippen LogP contribution in [0.5, 0.6) is 0 Å². The normalized spacial score (nSPS) is 20.9. The third-order valence-corrected chi connectivity index (χ3v) is 3.91. The molecule has 0 aliphatic heterocycles. The van der Waals surface area contributed by atoms with E-state index in [0.717, 1.165) is 30.6 Å². The summed E-state index contributed by atoms with van der Waals surface area (Å²) in [5.74, 6) is -0.0608. The second kappa shape index (κ2) is 6.14. The molecular formula is C13H18N2O3S. The Balaban J connectivity index is 1.88. The standard InChI is InChI=1S/C13H18N2O3S/c1-3-5-8-6-9(8)14-11(16)10-7-19-12(15-10)13(17)18-4-2/h7-9H,3-6H2,1-2H3,(H,14,16). The SMILES string of the molecule is CCCC1CC1NC(=O)c1csc(C(=O)OCC)n1. The van der Waals surface area contributed by atoms with Gasteiger partial charge < -0.3 is 10.1 Å². The average molecular weight is 282 g/mol. The Morgan fingerprint density at radius 3 is 3.00 bits per heavy atom. The van der Waals surface area contributed by atoms with Crippen LogP contribution in [0.1, 0.15) is 53.4 Å². The highest BCUT2D eigenvalue weighted by Gasteiger charge is 2.37. The number of amides is 1. The van der Waals surface area contributed by atoms with Crippen LogP contribution in [-0.4, -0.2) is 29.5 Å². The van der Waals surface area contributed by atoms with E-state index >= 15 is 0 Å². The molecular weight excluding hydrogens is 264 g/mol. The van der Waals surface area contributed by atoms with Crippen LogP contribution in [0.2, 0.25) is 0 Å². The van der Waals surface area contributed by atoms with Gasteiger partial charge in [-0.15, -0.1) is 11.3 Å². The van der Waals surface area contributed by atoms with E-state index in [9.17, 15) is 9.59 Å². The number of hydrogen-bond donors (Lipinski definition) is 1. The predicted octanol–water partition coefficient (Wildman–Crippen LogP) is 2.24. The number of carbonyl (C=O) groups is 2. The molecule has 1 saturated carbocycles. The second-order valence-corrected chi connectivity index (χ2v) is 5.48. The van der Waals surface area contributed by atoms with E-state index in [2.05, 4.69) is 17.2 Å². The van der Waals surface area contributed by atoms with Crippen LogP contribution in [0, 0.1) is 5.92 Å². The lowest BCUT2D eigenvalue weighted by atomic mass is 10.2. The summed E-state index contributed by atoms with van der Waals surface area (Å²) < 4.78 is 4.84. The fourth-order valence-electron chi connectivity index (χ4n) is 2.02. The molecule has 1 aromatic heterocycles. The first kappa shape index (κ1) is 14.0. The van der Waals surface area contributed by atoms with Crippen molar-refractivity contribution in [1.82, 2.24) is 10.3 Å².